The normalized spacial score (nSPS) is 25.0. The maximum Gasteiger partial charge on any atom is 0.410 e. The molecular formula is C21H29N3O4. The third-order valence-corrected chi connectivity index (χ3v) is 5.67. The number of amides is 2. The molecule has 4 heterocycles. The molecule has 152 valence electrons. The Bertz CT molecular complexity index is 715. The Morgan fingerprint density at radius 3 is 2.21 bits per heavy atom. The molecule has 5 rings (SSSR count). The smallest absolute Gasteiger partial charge is 0.410 e. The number of rotatable bonds is 3. The molecule has 1 aromatic rings. The summed E-state index contributed by atoms with van der Waals surface area (Å²) in [5, 5.41) is 0. The fourth-order valence-corrected chi connectivity index (χ4v) is 4.20. The Hall–Kier alpha value is -2.28. The minimum atomic E-state index is -0.463. The van der Waals surface area contributed by atoms with Gasteiger partial charge in [0.2, 0.25) is 0 Å². The SMILES string of the molecule is CC(C)(C)OC(=O)N1C2CC1CN(C1CN(C(=O)OCc3ccccc3)C1)C2. The molecule has 4 aliphatic heterocycles. The highest BCUT2D eigenvalue weighted by Crippen LogP contribution is 2.35. The zero-order valence-electron chi connectivity index (χ0n) is 16.8. The van der Waals surface area contributed by atoms with Gasteiger partial charge in [-0.3, -0.25) is 9.80 Å². The predicted octanol–water partition coefficient (Wildman–Crippen LogP) is 2.70. The highest BCUT2D eigenvalue weighted by atomic mass is 16.6. The zero-order valence-corrected chi connectivity index (χ0v) is 16.8. The summed E-state index contributed by atoms with van der Waals surface area (Å²) in [7, 11) is 0. The van der Waals surface area contributed by atoms with Gasteiger partial charge in [-0.1, -0.05) is 30.3 Å². The van der Waals surface area contributed by atoms with Crippen LogP contribution < -0.4 is 0 Å². The number of piperazine rings is 1. The van der Waals surface area contributed by atoms with E-state index in [1.54, 1.807) is 4.90 Å². The number of ether oxygens (including phenoxy) is 2. The van der Waals surface area contributed by atoms with Crippen LogP contribution in [0, 0.1) is 0 Å². The van der Waals surface area contributed by atoms with Crippen LogP contribution in [0.4, 0.5) is 9.59 Å². The first kappa shape index (κ1) is 19.1. The van der Waals surface area contributed by atoms with E-state index < -0.39 is 5.60 Å². The van der Waals surface area contributed by atoms with Crippen LogP contribution in [0.2, 0.25) is 0 Å². The molecule has 0 aliphatic carbocycles. The monoisotopic (exact) mass is 387 g/mol. The summed E-state index contributed by atoms with van der Waals surface area (Å²) in [5.41, 5.74) is 0.529. The van der Waals surface area contributed by atoms with Crippen molar-refractivity contribution in [1.82, 2.24) is 14.7 Å². The topological polar surface area (TPSA) is 62.3 Å². The summed E-state index contributed by atoms with van der Waals surface area (Å²) in [4.78, 5) is 30.6. The van der Waals surface area contributed by atoms with Crippen LogP contribution >= 0.6 is 0 Å². The van der Waals surface area contributed by atoms with Gasteiger partial charge in [-0.15, -0.1) is 0 Å². The van der Waals surface area contributed by atoms with E-state index in [2.05, 4.69) is 4.90 Å². The molecule has 0 radical (unpaired) electrons. The molecule has 2 unspecified atom stereocenters. The lowest BCUT2D eigenvalue weighted by molar-refractivity contribution is -0.101. The molecule has 4 fully saturated rings. The van der Waals surface area contributed by atoms with Gasteiger partial charge >= 0.3 is 12.2 Å². The Kier molecular flexibility index (Phi) is 4.95. The maximum atomic E-state index is 12.4. The zero-order chi connectivity index (χ0) is 19.9. The number of nitrogens with zero attached hydrogens (tertiary/aromatic N) is 3. The Balaban J connectivity index is 1.20. The number of hydrogen-bond donors (Lipinski definition) is 0. The van der Waals surface area contributed by atoms with Crippen molar-refractivity contribution in [2.45, 2.75) is 57.5 Å². The maximum absolute atomic E-state index is 12.4. The minimum Gasteiger partial charge on any atom is -0.445 e. The Labute approximate surface area is 166 Å². The van der Waals surface area contributed by atoms with Crippen LogP contribution in [0.5, 0.6) is 0 Å². The largest absolute Gasteiger partial charge is 0.445 e. The summed E-state index contributed by atoms with van der Waals surface area (Å²) >= 11 is 0. The molecular weight excluding hydrogens is 358 g/mol. The van der Waals surface area contributed by atoms with Crippen molar-refractivity contribution in [3.63, 3.8) is 0 Å². The summed E-state index contributed by atoms with van der Waals surface area (Å²) < 4.78 is 10.9. The molecule has 28 heavy (non-hydrogen) atoms. The van der Waals surface area contributed by atoms with Crippen molar-refractivity contribution in [2.24, 2.45) is 0 Å². The summed E-state index contributed by atoms with van der Waals surface area (Å²) in [6.07, 6.45) is 0.594. The number of carbonyl (C=O) groups is 2. The Morgan fingerprint density at radius 1 is 0.964 bits per heavy atom. The molecule has 4 aliphatic rings. The average molecular weight is 387 g/mol. The van der Waals surface area contributed by atoms with Gasteiger partial charge in [-0.2, -0.15) is 0 Å². The molecule has 2 bridgehead atoms. The highest BCUT2D eigenvalue weighted by Gasteiger charge is 2.51. The molecule has 0 aromatic heterocycles. The first-order valence-electron chi connectivity index (χ1n) is 10.0. The van der Waals surface area contributed by atoms with E-state index >= 15 is 0 Å². The molecule has 0 spiro atoms. The van der Waals surface area contributed by atoms with Crippen LogP contribution in [0.3, 0.4) is 0 Å². The van der Waals surface area contributed by atoms with Crippen LogP contribution in [0.1, 0.15) is 32.8 Å². The van der Waals surface area contributed by atoms with Gasteiger partial charge in [0.1, 0.15) is 12.2 Å². The van der Waals surface area contributed by atoms with Crippen LogP contribution in [0.25, 0.3) is 0 Å². The van der Waals surface area contributed by atoms with E-state index in [0.717, 1.165) is 25.1 Å². The molecule has 7 heteroatoms. The highest BCUT2D eigenvalue weighted by molar-refractivity contribution is 5.71. The predicted molar refractivity (Wildman–Crippen MR) is 104 cm³/mol. The van der Waals surface area contributed by atoms with E-state index in [0.29, 0.717) is 25.7 Å². The van der Waals surface area contributed by atoms with Gasteiger partial charge in [-0.25, -0.2) is 9.59 Å². The van der Waals surface area contributed by atoms with Gasteiger partial charge < -0.3 is 14.4 Å². The molecule has 7 nitrogen and oxygen atoms in total. The molecule has 2 amide bonds. The second kappa shape index (κ2) is 7.28. The van der Waals surface area contributed by atoms with E-state index in [-0.39, 0.29) is 24.3 Å². The number of benzene rings is 1. The van der Waals surface area contributed by atoms with Crippen LogP contribution in [0.15, 0.2) is 30.3 Å². The number of fused-ring (bicyclic) bond motifs is 2. The summed E-state index contributed by atoms with van der Waals surface area (Å²) in [6.45, 7) is 9.09. The quantitative estimate of drug-likeness (QED) is 0.798. The molecule has 0 N–H and O–H groups in total. The molecule has 1 aromatic carbocycles. The summed E-state index contributed by atoms with van der Waals surface area (Å²) in [5.74, 6) is 0. The van der Waals surface area contributed by atoms with Crippen molar-refractivity contribution in [1.29, 1.82) is 0 Å². The molecule has 2 atom stereocenters. The van der Waals surface area contributed by atoms with Gasteiger partial charge in [-0.05, 0) is 32.8 Å². The lowest BCUT2D eigenvalue weighted by atomic mass is 9.86. The first-order valence-corrected chi connectivity index (χ1v) is 10.0. The van der Waals surface area contributed by atoms with Crippen molar-refractivity contribution in [2.75, 3.05) is 26.2 Å². The van der Waals surface area contributed by atoms with Crippen molar-refractivity contribution < 1.29 is 19.1 Å². The third kappa shape index (κ3) is 3.94. The molecule has 4 saturated heterocycles. The van der Waals surface area contributed by atoms with Crippen molar-refractivity contribution in [3.8, 4) is 0 Å². The summed E-state index contributed by atoms with van der Waals surface area (Å²) in [6, 6.07) is 10.5. The standard InChI is InChI=1S/C21H29N3O4/c1-21(2,3)28-20(26)24-16-9-17(24)11-22(10-16)18-12-23(13-18)19(25)27-14-15-7-5-4-6-8-15/h4-8,16-18H,9-14H2,1-3H3. The third-order valence-electron chi connectivity index (χ3n) is 5.67. The average Bonchev–Trinajstić information content (AvgIpc) is 2.58. The first-order chi connectivity index (χ1) is 13.3. The van der Waals surface area contributed by atoms with Crippen molar-refractivity contribution in [3.05, 3.63) is 35.9 Å². The van der Waals surface area contributed by atoms with Gasteiger partial charge in [0.25, 0.3) is 0 Å². The fraction of sp³-hybridized carbons (Fsp3) is 0.619. The number of likely N-dealkylation sites (tertiary alicyclic amines) is 1. The van der Waals surface area contributed by atoms with E-state index in [9.17, 15) is 9.59 Å². The second-order valence-electron chi connectivity index (χ2n) is 8.98. The number of hydrogen-bond acceptors (Lipinski definition) is 5. The van der Waals surface area contributed by atoms with Gasteiger partial charge in [0, 0.05) is 32.2 Å². The minimum absolute atomic E-state index is 0.201. The lowest BCUT2D eigenvalue weighted by Crippen LogP contribution is -2.74. The van der Waals surface area contributed by atoms with Crippen LogP contribution in [-0.4, -0.2) is 76.8 Å². The fourth-order valence-electron chi connectivity index (χ4n) is 4.20. The van der Waals surface area contributed by atoms with E-state index in [4.69, 9.17) is 9.47 Å². The lowest BCUT2D eigenvalue weighted by Gasteiger charge is -2.59. The molecule has 0 saturated carbocycles. The number of carbonyl (C=O) groups excluding carboxylic acids is 2. The van der Waals surface area contributed by atoms with Gasteiger partial charge in [0.05, 0.1) is 12.1 Å². The number of piperidine rings is 1. The van der Waals surface area contributed by atoms with Crippen molar-refractivity contribution >= 4 is 12.2 Å². The van der Waals surface area contributed by atoms with Gasteiger partial charge in [0.15, 0.2) is 0 Å². The van der Waals surface area contributed by atoms with E-state index in [1.165, 1.54) is 0 Å². The van der Waals surface area contributed by atoms with Crippen LogP contribution in [-0.2, 0) is 16.1 Å². The van der Waals surface area contributed by atoms with E-state index in [1.807, 2.05) is 56.0 Å². The second-order valence-corrected chi connectivity index (χ2v) is 8.98. The Morgan fingerprint density at radius 2 is 1.61 bits per heavy atom.